The topological polar surface area (TPSA) is 49.3 Å². The number of amides is 1. The fourth-order valence-electron chi connectivity index (χ4n) is 2.73. The molecule has 0 radical (unpaired) electrons. The number of thiazole rings is 1. The summed E-state index contributed by atoms with van der Waals surface area (Å²) in [4.78, 5) is 25.7. The van der Waals surface area contributed by atoms with Crippen LogP contribution in [-0.2, 0) is 6.54 Å². The molecule has 2 aromatic rings. The summed E-state index contributed by atoms with van der Waals surface area (Å²) in [5.74, 6) is 0.0117. The molecule has 0 N–H and O–H groups in total. The maximum Gasteiger partial charge on any atom is 0.272 e. The summed E-state index contributed by atoms with van der Waals surface area (Å²) in [6.45, 7) is 6.27. The quantitative estimate of drug-likeness (QED) is 0.750. The highest BCUT2D eigenvalue weighted by molar-refractivity contribution is 9.10. The molecule has 0 saturated carbocycles. The van der Waals surface area contributed by atoms with Gasteiger partial charge >= 0.3 is 0 Å². The summed E-state index contributed by atoms with van der Waals surface area (Å²) in [5, 5.41) is 3.22. The lowest BCUT2D eigenvalue weighted by atomic mass is 10.3. The van der Waals surface area contributed by atoms with E-state index in [1.807, 2.05) is 24.0 Å². The molecule has 1 aliphatic heterocycles. The van der Waals surface area contributed by atoms with Gasteiger partial charge in [-0.1, -0.05) is 6.07 Å². The molecule has 0 unspecified atom stereocenters. The van der Waals surface area contributed by atoms with Crippen LogP contribution in [0.4, 0.5) is 0 Å². The Hall–Kier alpha value is -1.31. The van der Waals surface area contributed by atoms with Crippen molar-refractivity contribution in [2.45, 2.75) is 19.9 Å². The van der Waals surface area contributed by atoms with E-state index in [-0.39, 0.29) is 5.91 Å². The van der Waals surface area contributed by atoms with E-state index in [0.717, 1.165) is 49.8 Å². The fraction of sp³-hybridized carbons (Fsp3) is 0.438. The smallest absolute Gasteiger partial charge is 0.272 e. The van der Waals surface area contributed by atoms with Crippen LogP contribution in [0.15, 0.2) is 28.2 Å². The van der Waals surface area contributed by atoms with E-state index in [1.165, 1.54) is 0 Å². The number of rotatable bonds is 3. The first kappa shape index (κ1) is 16.5. The molecule has 1 saturated heterocycles. The minimum absolute atomic E-state index is 0.0117. The minimum Gasteiger partial charge on any atom is -0.336 e. The fourth-order valence-corrected chi connectivity index (χ4v) is 3.68. The number of hydrogen-bond donors (Lipinski definition) is 0. The molecule has 0 bridgehead atoms. The number of pyridine rings is 1. The van der Waals surface area contributed by atoms with Gasteiger partial charge in [-0.15, -0.1) is 11.3 Å². The molecule has 122 valence electrons. The zero-order chi connectivity index (χ0) is 16.2. The van der Waals surface area contributed by atoms with Crippen molar-refractivity contribution in [2.75, 3.05) is 26.2 Å². The Morgan fingerprint density at radius 1 is 1.26 bits per heavy atom. The van der Waals surface area contributed by atoms with E-state index >= 15 is 0 Å². The van der Waals surface area contributed by atoms with Crippen molar-refractivity contribution in [1.29, 1.82) is 0 Å². The van der Waals surface area contributed by atoms with E-state index in [1.54, 1.807) is 17.4 Å². The second kappa shape index (κ2) is 7.51. The lowest BCUT2D eigenvalue weighted by Crippen LogP contribution is -2.35. The molecule has 0 aromatic carbocycles. The number of carbonyl (C=O) groups excluding carboxylic acids is 1. The Bertz CT molecular complexity index is 690. The SMILES string of the molecule is Cc1nc(CN2CCCN(C(=O)c3cccc(Br)n3)CC2)cs1. The first-order valence-electron chi connectivity index (χ1n) is 7.67. The summed E-state index contributed by atoms with van der Waals surface area (Å²) in [6.07, 6.45) is 0.975. The molecular weight excluding hydrogens is 376 g/mol. The van der Waals surface area contributed by atoms with Crippen molar-refractivity contribution in [2.24, 2.45) is 0 Å². The van der Waals surface area contributed by atoms with E-state index in [2.05, 4.69) is 36.2 Å². The van der Waals surface area contributed by atoms with Gasteiger partial charge < -0.3 is 4.90 Å². The Morgan fingerprint density at radius 3 is 2.87 bits per heavy atom. The van der Waals surface area contributed by atoms with Crippen LogP contribution >= 0.6 is 27.3 Å². The van der Waals surface area contributed by atoms with Gasteiger partial charge in [-0.25, -0.2) is 9.97 Å². The number of aryl methyl sites for hydroxylation is 1. The average molecular weight is 395 g/mol. The number of nitrogens with zero attached hydrogens (tertiary/aromatic N) is 4. The first-order chi connectivity index (χ1) is 11.1. The van der Waals surface area contributed by atoms with Gasteiger partial charge in [0, 0.05) is 38.1 Å². The van der Waals surface area contributed by atoms with Crippen LogP contribution in [0.1, 0.15) is 27.6 Å². The highest BCUT2D eigenvalue weighted by atomic mass is 79.9. The average Bonchev–Trinajstić information content (AvgIpc) is 2.80. The van der Waals surface area contributed by atoms with Crippen LogP contribution in [-0.4, -0.2) is 51.9 Å². The van der Waals surface area contributed by atoms with Crippen molar-refractivity contribution >= 4 is 33.2 Å². The van der Waals surface area contributed by atoms with E-state index < -0.39 is 0 Å². The third-order valence-electron chi connectivity index (χ3n) is 3.86. The van der Waals surface area contributed by atoms with Crippen LogP contribution in [0.25, 0.3) is 0 Å². The Morgan fingerprint density at radius 2 is 2.13 bits per heavy atom. The van der Waals surface area contributed by atoms with Gasteiger partial charge in [0.25, 0.3) is 5.91 Å². The maximum atomic E-state index is 12.6. The van der Waals surface area contributed by atoms with Crippen LogP contribution in [0.3, 0.4) is 0 Å². The van der Waals surface area contributed by atoms with Crippen LogP contribution < -0.4 is 0 Å². The summed E-state index contributed by atoms with van der Waals surface area (Å²) in [6, 6.07) is 5.45. The van der Waals surface area contributed by atoms with Gasteiger partial charge in [0.2, 0.25) is 0 Å². The zero-order valence-electron chi connectivity index (χ0n) is 13.0. The van der Waals surface area contributed by atoms with Crippen molar-refractivity contribution in [3.8, 4) is 0 Å². The summed E-state index contributed by atoms with van der Waals surface area (Å²) >= 11 is 5.01. The Labute approximate surface area is 148 Å². The van der Waals surface area contributed by atoms with Gasteiger partial charge in [-0.2, -0.15) is 0 Å². The minimum atomic E-state index is 0.0117. The molecule has 1 fully saturated rings. The second-order valence-electron chi connectivity index (χ2n) is 5.63. The summed E-state index contributed by atoms with van der Waals surface area (Å²) in [7, 11) is 0. The van der Waals surface area contributed by atoms with E-state index in [4.69, 9.17) is 0 Å². The molecule has 1 amide bonds. The molecule has 7 heteroatoms. The molecule has 5 nitrogen and oxygen atoms in total. The van der Waals surface area contributed by atoms with Gasteiger partial charge in [-0.05, 0) is 41.4 Å². The predicted molar refractivity (Wildman–Crippen MR) is 94.6 cm³/mol. The molecule has 0 spiro atoms. The zero-order valence-corrected chi connectivity index (χ0v) is 15.4. The Kier molecular flexibility index (Phi) is 5.40. The summed E-state index contributed by atoms with van der Waals surface area (Å²) in [5.41, 5.74) is 1.63. The molecule has 23 heavy (non-hydrogen) atoms. The summed E-state index contributed by atoms with van der Waals surface area (Å²) < 4.78 is 0.693. The van der Waals surface area contributed by atoms with E-state index in [0.29, 0.717) is 10.3 Å². The number of aromatic nitrogens is 2. The third kappa shape index (κ3) is 4.37. The van der Waals surface area contributed by atoms with Gasteiger partial charge in [0.15, 0.2) is 0 Å². The van der Waals surface area contributed by atoms with Crippen molar-refractivity contribution in [3.63, 3.8) is 0 Å². The highest BCUT2D eigenvalue weighted by Gasteiger charge is 2.21. The van der Waals surface area contributed by atoms with E-state index in [9.17, 15) is 4.79 Å². The molecule has 3 heterocycles. The van der Waals surface area contributed by atoms with Gasteiger partial charge in [0.05, 0.1) is 10.7 Å². The van der Waals surface area contributed by atoms with Crippen molar-refractivity contribution in [1.82, 2.24) is 19.8 Å². The Balaban J connectivity index is 1.60. The third-order valence-corrected chi connectivity index (χ3v) is 5.13. The molecule has 3 rings (SSSR count). The number of hydrogen-bond acceptors (Lipinski definition) is 5. The second-order valence-corrected chi connectivity index (χ2v) is 7.50. The lowest BCUT2D eigenvalue weighted by molar-refractivity contribution is 0.0755. The van der Waals surface area contributed by atoms with Crippen LogP contribution in [0.2, 0.25) is 0 Å². The van der Waals surface area contributed by atoms with Gasteiger partial charge in [-0.3, -0.25) is 9.69 Å². The van der Waals surface area contributed by atoms with Crippen LogP contribution in [0.5, 0.6) is 0 Å². The van der Waals surface area contributed by atoms with Crippen molar-refractivity contribution < 1.29 is 4.79 Å². The molecule has 2 aromatic heterocycles. The lowest BCUT2D eigenvalue weighted by Gasteiger charge is -2.21. The van der Waals surface area contributed by atoms with Crippen molar-refractivity contribution in [3.05, 3.63) is 44.6 Å². The largest absolute Gasteiger partial charge is 0.336 e. The molecule has 0 aliphatic carbocycles. The van der Waals surface area contributed by atoms with Gasteiger partial charge in [0.1, 0.15) is 10.3 Å². The monoisotopic (exact) mass is 394 g/mol. The molecular formula is C16H19BrN4OS. The standard InChI is InChI=1S/C16H19BrN4OS/c1-12-18-13(11-23-12)10-20-6-3-7-21(9-8-20)16(22)14-4-2-5-15(17)19-14/h2,4-5,11H,3,6-10H2,1H3. The predicted octanol–water partition coefficient (Wildman–Crippen LogP) is 2.96. The highest BCUT2D eigenvalue weighted by Crippen LogP contribution is 2.14. The number of halogens is 1. The number of carbonyl (C=O) groups is 1. The maximum absolute atomic E-state index is 12.6. The molecule has 0 atom stereocenters. The molecule has 1 aliphatic rings. The first-order valence-corrected chi connectivity index (χ1v) is 9.34. The normalized spacial score (nSPS) is 16.3. The van der Waals surface area contributed by atoms with Crippen LogP contribution in [0, 0.1) is 6.92 Å².